The number of halogens is 2. The van der Waals surface area contributed by atoms with E-state index in [1.165, 1.54) is 53.6 Å². The molecule has 0 unspecified atom stereocenters. The molecule has 13 nitrogen and oxygen atoms in total. The summed E-state index contributed by atoms with van der Waals surface area (Å²) in [6.45, 7) is 13.4. The highest BCUT2D eigenvalue weighted by Crippen LogP contribution is 2.27. The van der Waals surface area contributed by atoms with Gasteiger partial charge in [0.25, 0.3) is 0 Å². The summed E-state index contributed by atoms with van der Waals surface area (Å²) in [6.07, 6.45) is 2.48. The van der Waals surface area contributed by atoms with Gasteiger partial charge >= 0.3 is 11.9 Å². The number of hydrogen-bond acceptors (Lipinski definition) is 16. The number of thiol groups is 1. The van der Waals surface area contributed by atoms with Gasteiger partial charge in [-0.3, -0.25) is 9.59 Å². The monoisotopic (exact) mass is 693 g/mol. The van der Waals surface area contributed by atoms with E-state index < -0.39 is 11.9 Å². The SMILES string of the molecule is C=C(S)OOC.CCN(CC)CC.COC(=O)CSc1ncnc(SCC(=O)OC)c1C#N.N#Cc1c(Cl)ncnc1Cl. The number of carbonyl (C=O) groups excluding carboxylic acids is 2. The van der Waals surface area contributed by atoms with Crippen molar-refractivity contribution in [1.82, 2.24) is 24.8 Å². The lowest BCUT2D eigenvalue weighted by Crippen LogP contribution is -2.21. The molecule has 0 N–H and O–H groups in total. The van der Waals surface area contributed by atoms with Crippen LogP contribution in [0.2, 0.25) is 10.3 Å². The average molecular weight is 695 g/mol. The fourth-order valence-corrected chi connectivity index (χ4v) is 4.34. The molecule has 2 heterocycles. The Hall–Kier alpha value is -2.83. The van der Waals surface area contributed by atoms with Crippen LogP contribution < -0.4 is 0 Å². The van der Waals surface area contributed by atoms with E-state index in [0.717, 1.165) is 23.5 Å². The van der Waals surface area contributed by atoms with Gasteiger partial charge in [0.15, 0.2) is 15.4 Å². The Balaban J connectivity index is 0. The largest absolute Gasteiger partial charge is 0.468 e. The van der Waals surface area contributed by atoms with Gasteiger partial charge in [-0.05, 0) is 26.2 Å². The number of nitrogens with zero attached hydrogens (tertiary/aromatic N) is 7. The molecule has 0 aliphatic carbocycles. The molecule has 0 radical (unpaired) electrons. The summed E-state index contributed by atoms with van der Waals surface area (Å²) < 4.78 is 9.03. The van der Waals surface area contributed by atoms with Crippen LogP contribution in [0.25, 0.3) is 0 Å². The van der Waals surface area contributed by atoms with Crippen molar-refractivity contribution >= 4 is 71.3 Å². The third kappa shape index (κ3) is 19.9. The van der Waals surface area contributed by atoms with Gasteiger partial charge < -0.3 is 19.3 Å². The summed E-state index contributed by atoms with van der Waals surface area (Å²) in [6, 6.07) is 3.75. The Bertz CT molecular complexity index is 1160. The van der Waals surface area contributed by atoms with Gasteiger partial charge in [-0.15, -0.1) is 12.6 Å². The van der Waals surface area contributed by atoms with Gasteiger partial charge in [-0.1, -0.05) is 67.5 Å². The molecular formula is C25H33Cl2N7O6S3. The number of esters is 2. The third-order valence-corrected chi connectivity index (χ3v) is 6.96. The quantitative estimate of drug-likeness (QED) is 0.0643. The second-order valence-corrected chi connectivity index (χ2v) is 10.0. The maximum atomic E-state index is 11.1. The highest BCUT2D eigenvalue weighted by molar-refractivity contribution is 8.00. The first-order valence-electron chi connectivity index (χ1n) is 12.0. The van der Waals surface area contributed by atoms with Crippen molar-refractivity contribution in [2.75, 3.05) is 52.5 Å². The van der Waals surface area contributed by atoms with Crippen LogP contribution in [0, 0.1) is 22.7 Å². The smallest absolute Gasteiger partial charge is 0.316 e. The molecule has 43 heavy (non-hydrogen) atoms. The van der Waals surface area contributed by atoms with E-state index in [2.05, 4.69) is 84.1 Å². The summed E-state index contributed by atoms with van der Waals surface area (Å²) in [5.74, 6) is -0.741. The maximum absolute atomic E-state index is 11.1. The van der Waals surface area contributed by atoms with Crippen molar-refractivity contribution in [2.24, 2.45) is 0 Å². The predicted molar refractivity (Wildman–Crippen MR) is 169 cm³/mol. The molecule has 0 saturated heterocycles. The Kier molecular flexibility index (Phi) is 26.3. The van der Waals surface area contributed by atoms with Crippen LogP contribution in [-0.4, -0.2) is 89.2 Å². The lowest BCUT2D eigenvalue weighted by Gasteiger charge is -2.13. The standard InChI is InChI=1S/C11H11N3O4S2.C6H15N.C5HCl2N3.C3H6O2S/c1-17-8(15)4-19-10-7(3-12)11(14-6-13-10)20-5-9(16)18-2;1-4-7(5-2)6-3;6-4-3(1-8)5(7)10-2-9-4;1-3(6)5-4-2/h6H,4-5H2,1-2H3;4-6H2,1-3H3;2H;6H,1H2,2H3. The zero-order chi connectivity index (χ0) is 33.2. The van der Waals surface area contributed by atoms with E-state index >= 15 is 0 Å². The first-order chi connectivity index (χ1) is 20.5. The molecule has 0 amide bonds. The minimum Gasteiger partial charge on any atom is -0.468 e. The van der Waals surface area contributed by atoms with E-state index in [4.69, 9.17) is 33.7 Å². The van der Waals surface area contributed by atoms with Crippen LogP contribution in [0.15, 0.2) is 34.4 Å². The lowest BCUT2D eigenvalue weighted by molar-refractivity contribution is -0.226. The van der Waals surface area contributed by atoms with Gasteiger partial charge in [0, 0.05) is 0 Å². The maximum Gasteiger partial charge on any atom is 0.316 e. The van der Waals surface area contributed by atoms with Gasteiger partial charge in [0.1, 0.15) is 46.0 Å². The first kappa shape index (κ1) is 42.3. The van der Waals surface area contributed by atoms with E-state index in [0.29, 0.717) is 10.1 Å². The molecule has 0 fully saturated rings. The van der Waals surface area contributed by atoms with Crippen molar-refractivity contribution in [2.45, 2.75) is 30.8 Å². The Morgan fingerprint density at radius 2 is 1.26 bits per heavy atom. The summed E-state index contributed by atoms with van der Waals surface area (Å²) in [4.78, 5) is 47.9. The Morgan fingerprint density at radius 1 is 0.860 bits per heavy atom. The molecular weight excluding hydrogens is 661 g/mol. The van der Waals surface area contributed by atoms with Crippen LogP contribution in [-0.2, 0) is 28.8 Å². The van der Waals surface area contributed by atoms with E-state index in [1.807, 2.05) is 6.07 Å². The number of hydrogen-bond donors (Lipinski definition) is 1. The molecule has 0 bridgehead atoms. The highest BCUT2D eigenvalue weighted by Gasteiger charge is 2.15. The topological polar surface area (TPSA) is 173 Å². The van der Waals surface area contributed by atoms with E-state index in [1.54, 1.807) is 6.07 Å². The van der Waals surface area contributed by atoms with Crippen LogP contribution in [0.1, 0.15) is 31.9 Å². The molecule has 236 valence electrons. The molecule has 2 rings (SSSR count). The molecule has 2 aromatic heterocycles. The molecule has 0 aliphatic rings. The summed E-state index contributed by atoms with van der Waals surface area (Å²) >= 11 is 16.7. The van der Waals surface area contributed by atoms with Gasteiger partial charge in [-0.25, -0.2) is 19.9 Å². The molecule has 18 heteroatoms. The minimum absolute atomic E-state index is 0.0449. The van der Waals surface area contributed by atoms with Crippen molar-refractivity contribution < 1.29 is 28.8 Å². The highest BCUT2D eigenvalue weighted by atomic mass is 35.5. The van der Waals surface area contributed by atoms with Gasteiger partial charge in [0.2, 0.25) is 0 Å². The molecule has 0 atom stereocenters. The normalized spacial score (nSPS) is 9.30. The summed E-state index contributed by atoms with van der Waals surface area (Å²) in [5.41, 5.74) is 0.348. The van der Waals surface area contributed by atoms with E-state index in [-0.39, 0.29) is 38.0 Å². The zero-order valence-corrected chi connectivity index (χ0v) is 28.5. The number of aromatic nitrogens is 4. The number of rotatable bonds is 11. The van der Waals surface area contributed by atoms with Gasteiger partial charge in [-0.2, -0.15) is 15.4 Å². The van der Waals surface area contributed by atoms with Crippen molar-refractivity contribution in [3.63, 3.8) is 0 Å². The second-order valence-electron chi connectivity index (χ2n) is 6.91. The number of nitriles is 2. The summed E-state index contributed by atoms with van der Waals surface area (Å²) in [5, 5.41) is 18.7. The Labute approximate surface area is 275 Å². The fraction of sp³-hybridized carbons (Fsp3) is 0.440. The van der Waals surface area contributed by atoms with Crippen molar-refractivity contribution in [3.8, 4) is 12.1 Å². The van der Waals surface area contributed by atoms with Crippen LogP contribution in [0.3, 0.4) is 0 Å². The van der Waals surface area contributed by atoms with Crippen LogP contribution in [0.4, 0.5) is 0 Å². The fourth-order valence-electron chi connectivity index (χ4n) is 2.24. The number of carbonyl (C=O) groups is 2. The summed E-state index contributed by atoms with van der Waals surface area (Å²) in [7, 11) is 3.96. The number of thioether (sulfide) groups is 2. The molecule has 0 aliphatic heterocycles. The van der Waals surface area contributed by atoms with Gasteiger partial charge in [0.05, 0.1) is 32.8 Å². The lowest BCUT2D eigenvalue weighted by atomic mass is 10.4. The number of methoxy groups -OCH3 is 2. The first-order valence-corrected chi connectivity index (χ1v) is 15.2. The van der Waals surface area contributed by atoms with E-state index in [9.17, 15) is 9.59 Å². The zero-order valence-electron chi connectivity index (χ0n) is 24.5. The third-order valence-electron chi connectivity index (χ3n) is 4.39. The molecule has 2 aromatic rings. The minimum atomic E-state index is -0.415. The van der Waals surface area contributed by atoms with Crippen LogP contribution in [0.5, 0.6) is 0 Å². The molecule has 0 spiro atoms. The molecule has 0 aromatic carbocycles. The van der Waals surface area contributed by atoms with Crippen molar-refractivity contribution in [1.29, 1.82) is 10.5 Å². The molecule has 0 saturated carbocycles. The van der Waals surface area contributed by atoms with Crippen molar-refractivity contribution in [3.05, 3.63) is 45.8 Å². The predicted octanol–water partition coefficient (Wildman–Crippen LogP) is 4.85. The average Bonchev–Trinajstić information content (AvgIpc) is 3.00. The second kappa shape index (κ2) is 26.8. The number of ether oxygens (including phenoxy) is 2. The van der Waals surface area contributed by atoms with Crippen LogP contribution >= 0.6 is 59.4 Å². The Morgan fingerprint density at radius 3 is 1.49 bits per heavy atom.